The van der Waals surface area contributed by atoms with Gasteiger partial charge in [-0.2, -0.15) is 0 Å². The van der Waals surface area contributed by atoms with Crippen molar-refractivity contribution >= 4 is 24.0 Å². The van der Waals surface area contributed by atoms with Gasteiger partial charge in [0, 0.05) is 6.04 Å². The minimum atomic E-state index is -0.392. The summed E-state index contributed by atoms with van der Waals surface area (Å²) in [4.78, 5) is 11.8. The number of anilines is 1. The van der Waals surface area contributed by atoms with Crippen molar-refractivity contribution in [2.24, 2.45) is 0 Å². The van der Waals surface area contributed by atoms with E-state index >= 15 is 0 Å². The highest BCUT2D eigenvalue weighted by Gasteiger charge is 2.25. The van der Waals surface area contributed by atoms with Crippen LogP contribution in [-0.4, -0.2) is 18.0 Å². The second kappa shape index (κ2) is 6.16. The molecule has 2 N–H and O–H groups in total. The second-order valence-electron chi connectivity index (χ2n) is 4.64. The Bertz CT molecular complexity index is 435. The van der Waals surface area contributed by atoms with Gasteiger partial charge in [-0.15, -0.1) is 12.4 Å². The van der Waals surface area contributed by atoms with Crippen LogP contribution in [0.4, 0.5) is 10.1 Å². The van der Waals surface area contributed by atoms with Crippen molar-refractivity contribution in [3.8, 4) is 0 Å². The van der Waals surface area contributed by atoms with Gasteiger partial charge >= 0.3 is 0 Å². The molecule has 0 spiro atoms. The van der Waals surface area contributed by atoms with Crippen molar-refractivity contribution in [2.45, 2.75) is 38.8 Å². The number of hydrogen-bond acceptors (Lipinski definition) is 2. The molecule has 1 aliphatic carbocycles. The van der Waals surface area contributed by atoms with Crippen LogP contribution in [0.3, 0.4) is 0 Å². The van der Waals surface area contributed by atoms with E-state index in [0.29, 0.717) is 6.04 Å². The normalized spacial score (nSPS) is 15.7. The zero-order valence-corrected chi connectivity index (χ0v) is 11.3. The Balaban J connectivity index is 0.00000162. The Labute approximate surface area is 113 Å². The summed E-state index contributed by atoms with van der Waals surface area (Å²) >= 11 is 0. The number of halogens is 2. The van der Waals surface area contributed by atoms with Gasteiger partial charge in [-0.25, -0.2) is 4.39 Å². The molecule has 1 saturated carbocycles. The van der Waals surface area contributed by atoms with Gasteiger partial charge in [-0.3, -0.25) is 4.79 Å². The van der Waals surface area contributed by atoms with Gasteiger partial charge in [0.1, 0.15) is 5.82 Å². The molecule has 1 atom stereocenters. The highest BCUT2D eigenvalue weighted by molar-refractivity contribution is 5.94. The van der Waals surface area contributed by atoms with Crippen LogP contribution in [0.15, 0.2) is 18.2 Å². The largest absolute Gasteiger partial charge is 0.322 e. The van der Waals surface area contributed by atoms with Crippen LogP contribution in [0.5, 0.6) is 0 Å². The van der Waals surface area contributed by atoms with E-state index < -0.39 is 5.82 Å². The van der Waals surface area contributed by atoms with Crippen LogP contribution < -0.4 is 10.6 Å². The van der Waals surface area contributed by atoms with Crippen molar-refractivity contribution in [1.29, 1.82) is 0 Å². The molecule has 18 heavy (non-hydrogen) atoms. The second-order valence-corrected chi connectivity index (χ2v) is 4.64. The summed E-state index contributed by atoms with van der Waals surface area (Å²) in [6.45, 7) is 3.60. The maximum absolute atomic E-state index is 13.5. The molecule has 5 heteroatoms. The molecule has 1 fully saturated rings. The number of carbonyl (C=O) groups is 1. The molecule has 1 aromatic carbocycles. The molecule has 1 amide bonds. The van der Waals surface area contributed by atoms with E-state index in [1.165, 1.54) is 6.07 Å². The maximum Gasteiger partial charge on any atom is 0.241 e. The van der Waals surface area contributed by atoms with Gasteiger partial charge in [0.2, 0.25) is 5.91 Å². The predicted molar refractivity (Wildman–Crippen MR) is 72.6 cm³/mol. The molecule has 0 radical (unpaired) electrons. The Morgan fingerprint density at radius 1 is 1.44 bits per heavy atom. The summed E-state index contributed by atoms with van der Waals surface area (Å²) in [5.41, 5.74) is 1.08. The monoisotopic (exact) mass is 272 g/mol. The van der Waals surface area contributed by atoms with Gasteiger partial charge in [-0.1, -0.05) is 6.07 Å². The Kier molecular flexibility index (Phi) is 5.11. The molecular formula is C13H18ClFN2O. The van der Waals surface area contributed by atoms with Crippen molar-refractivity contribution < 1.29 is 9.18 Å². The molecule has 0 bridgehead atoms. The fourth-order valence-corrected chi connectivity index (χ4v) is 1.64. The number of amides is 1. The summed E-state index contributed by atoms with van der Waals surface area (Å²) in [5.74, 6) is -0.586. The van der Waals surface area contributed by atoms with Crippen molar-refractivity contribution in [2.75, 3.05) is 5.32 Å². The zero-order valence-electron chi connectivity index (χ0n) is 10.5. The number of carbonyl (C=O) groups excluding carboxylic acids is 1. The van der Waals surface area contributed by atoms with Crippen LogP contribution in [0.1, 0.15) is 25.3 Å². The van der Waals surface area contributed by atoms with Gasteiger partial charge in [0.05, 0.1) is 11.7 Å². The number of benzene rings is 1. The lowest BCUT2D eigenvalue weighted by atomic mass is 10.2. The molecule has 100 valence electrons. The highest BCUT2D eigenvalue weighted by atomic mass is 35.5. The van der Waals surface area contributed by atoms with Crippen LogP contribution in [-0.2, 0) is 4.79 Å². The standard InChI is InChI=1S/C13H17FN2O.ClH/c1-8-3-6-12(11(14)7-8)16-13(17)9(2)15-10-4-5-10;/h3,6-7,9-10,15H,4-5H2,1-2H3,(H,16,17);1H. The summed E-state index contributed by atoms with van der Waals surface area (Å²) in [6, 6.07) is 4.94. The maximum atomic E-state index is 13.5. The molecule has 2 rings (SSSR count). The third-order valence-electron chi connectivity index (χ3n) is 2.84. The molecule has 0 aliphatic heterocycles. The van der Waals surface area contributed by atoms with E-state index in [9.17, 15) is 9.18 Å². The first-order valence-electron chi connectivity index (χ1n) is 5.89. The van der Waals surface area contributed by atoms with E-state index in [1.54, 1.807) is 19.1 Å². The van der Waals surface area contributed by atoms with Crippen LogP contribution in [0, 0.1) is 12.7 Å². The fraction of sp³-hybridized carbons (Fsp3) is 0.462. The Morgan fingerprint density at radius 2 is 2.11 bits per heavy atom. The molecule has 0 aromatic heterocycles. The third kappa shape index (κ3) is 3.96. The lowest BCUT2D eigenvalue weighted by Crippen LogP contribution is -2.39. The average Bonchev–Trinajstić information content (AvgIpc) is 3.06. The fourth-order valence-electron chi connectivity index (χ4n) is 1.64. The summed E-state index contributed by atoms with van der Waals surface area (Å²) < 4.78 is 13.5. The highest BCUT2D eigenvalue weighted by Crippen LogP contribution is 2.20. The van der Waals surface area contributed by atoms with Gasteiger partial charge in [0.25, 0.3) is 0 Å². The first-order valence-corrected chi connectivity index (χ1v) is 5.89. The lowest BCUT2D eigenvalue weighted by Gasteiger charge is -2.14. The number of aryl methyl sites for hydroxylation is 1. The molecule has 1 aliphatic rings. The quantitative estimate of drug-likeness (QED) is 0.885. The molecule has 1 aromatic rings. The predicted octanol–water partition coefficient (Wildman–Crippen LogP) is 2.63. The topological polar surface area (TPSA) is 41.1 Å². The number of hydrogen-bond donors (Lipinski definition) is 2. The van der Waals surface area contributed by atoms with Crippen molar-refractivity contribution in [3.05, 3.63) is 29.6 Å². The van der Waals surface area contributed by atoms with E-state index in [0.717, 1.165) is 18.4 Å². The third-order valence-corrected chi connectivity index (χ3v) is 2.84. The first kappa shape index (κ1) is 14.9. The molecule has 0 saturated heterocycles. The summed E-state index contributed by atoms with van der Waals surface area (Å²) in [5, 5.41) is 5.76. The van der Waals surface area contributed by atoms with Gasteiger partial charge in [-0.05, 0) is 44.4 Å². The van der Waals surface area contributed by atoms with Crippen molar-refractivity contribution in [3.63, 3.8) is 0 Å². The molecule has 1 unspecified atom stereocenters. The molecule has 0 heterocycles. The Morgan fingerprint density at radius 3 is 2.67 bits per heavy atom. The SMILES string of the molecule is Cc1ccc(NC(=O)C(C)NC2CC2)c(F)c1.Cl. The molecular weight excluding hydrogens is 255 g/mol. The van der Waals surface area contributed by atoms with E-state index in [4.69, 9.17) is 0 Å². The van der Waals surface area contributed by atoms with Gasteiger partial charge in [0.15, 0.2) is 0 Å². The van der Waals surface area contributed by atoms with E-state index in [1.807, 2.05) is 6.92 Å². The van der Waals surface area contributed by atoms with E-state index in [-0.39, 0.29) is 30.0 Å². The summed E-state index contributed by atoms with van der Waals surface area (Å²) in [7, 11) is 0. The smallest absolute Gasteiger partial charge is 0.241 e. The van der Waals surface area contributed by atoms with Gasteiger partial charge < -0.3 is 10.6 Å². The Hall–Kier alpha value is -1.13. The molecule has 3 nitrogen and oxygen atoms in total. The minimum Gasteiger partial charge on any atom is -0.322 e. The van der Waals surface area contributed by atoms with Crippen LogP contribution in [0.25, 0.3) is 0 Å². The first-order chi connectivity index (χ1) is 8.06. The van der Waals surface area contributed by atoms with Crippen molar-refractivity contribution in [1.82, 2.24) is 5.32 Å². The average molecular weight is 273 g/mol. The minimum absolute atomic E-state index is 0. The zero-order chi connectivity index (χ0) is 12.4. The number of nitrogens with one attached hydrogen (secondary N) is 2. The lowest BCUT2D eigenvalue weighted by molar-refractivity contribution is -0.117. The van der Waals surface area contributed by atoms with Crippen LogP contribution in [0.2, 0.25) is 0 Å². The van der Waals surface area contributed by atoms with Crippen LogP contribution >= 0.6 is 12.4 Å². The summed E-state index contributed by atoms with van der Waals surface area (Å²) in [6.07, 6.45) is 2.24. The van der Waals surface area contributed by atoms with E-state index in [2.05, 4.69) is 10.6 Å². The number of rotatable bonds is 4.